The van der Waals surface area contributed by atoms with Crippen molar-refractivity contribution >= 4 is 17.7 Å². The summed E-state index contributed by atoms with van der Waals surface area (Å²) in [4.78, 5) is 25.5. The van der Waals surface area contributed by atoms with Crippen molar-refractivity contribution in [2.75, 3.05) is 49.5 Å². The Labute approximate surface area is 173 Å². The van der Waals surface area contributed by atoms with Gasteiger partial charge in [0, 0.05) is 44.4 Å². The molecule has 7 nitrogen and oxygen atoms in total. The monoisotopic (exact) mass is 397 g/mol. The molecule has 1 aliphatic rings. The van der Waals surface area contributed by atoms with Crippen LogP contribution in [-0.4, -0.2) is 60.3 Å². The van der Waals surface area contributed by atoms with Gasteiger partial charge in [0.15, 0.2) is 5.82 Å². The lowest BCUT2D eigenvalue weighted by Gasteiger charge is -2.34. The van der Waals surface area contributed by atoms with Gasteiger partial charge in [-0.1, -0.05) is 50.1 Å². The minimum atomic E-state index is -0.238. The van der Waals surface area contributed by atoms with Crippen molar-refractivity contribution in [1.29, 1.82) is 0 Å². The molecule has 0 atom stereocenters. The fourth-order valence-electron chi connectivity index (χ4n) is 3.33. The lowest BCUT2D eigenvalue weighted by molar-refractivity contribution is 0.105. The Morgan fingerprint density at radius 1 is 1.07 bits per heavy atom. The predicted molar refractivity (Wildman–Crippen MR) is 116 cm³/mol. The number of rotatable bonds is 8. The third-order valence-corrected chi connectivity index (χ3v) is 4.96. The van der Waals surface area contributed by atoms with Gasteiger partial charge in [0.25, 0.3) is 0 Å². The van der Waals surface area contributed by atoms with Gasteiger partial charge in [-0.15, -0.1) is 0 Å². The Balaban J connectivity index is 1.75. The molecule has 2 heterocycles. The predicted octanol–water partition coefficient (Wildman–Crippen LogP) is 4.02. The van der Waals surface area contributed by atoms with Gasteiger partial charge < -0.3 is 19.9 Å². The number of hydrogen-bond donors (Lipinski definition) is 1. The van der Waals surface area contributed by atoms with E-state index in [9.17, 15) is 4.79 Å². The third-order valence-electron chi connectivity index (χ3n) is 4.96. The second-order valence-corrected chi connectivity index (χ2v) is 7.11. The SMILES string of the molecule is CCCCCNc1cc(N2CCN(C(=O)OCC)CC2)nc(-c2ccccc2)n1. The van der Waals surface area contributed by atoms with Gasteiger partial charge in [-0.2, -0.15) is 0 Å². The molecule has 29 heavy (non-hydrogen) atoms. The van der Waals surface area contributed by atoms with E-state index in [-0.39, 0.29) is 6.09 Å². The molecule has 0 saturated carbocycles. The number of piperazine rings is 1. The van der Waals surface area contributed by atoms with E-state index in [1.54, 1.807) is 4.90 Å². The Bertz CT molecular complexity index is 776. The highest BCUT2D eigenvalue weighted by molar-refractivity contribution is 5.68. The smallest absolute Gasteiger partial charge is 0.409 e. The molecule has 0 radical (unpaired) electrons. The van der Waals surface area contributed by atoms with Crippen LogP contribution in [0.15, 0.2) is 36.4 Å². The van der Waals surface area contributed by atoms with E-state index in [1.165, 1.54) is 12.8 Å². The van der Waals surface area contributed by atoms with Gasteiger partial charge in [-0.05, 0) is 13.3 Å². The summed E-state index contributed by atoms with van der Waals surface area (Å²) >= 11 is 0. The fraction of sp³-hybridized carbons (Fsp3) is 0.500. The topological polar surface area (TPSA) is 70.6 Å². The van der Waals surface area contributed by atoms with Gasteiger partial charge in [0.05, 0.1) is 6.61 Å². The summed E-state index contributed by atoms with van der Waals surface area (Å²) < 4.78 is 5.12. The molecule has 3 rings (SSSR count). The highest BCUT2D eigenvalue weighted by atomic mass is 16.6. The standard InChI is InChI=1S/C22H31N5O2/c1-3-5-9-12-23-19-17-20(25-21(24-19)18-10-7-6-8-11-18)26-13-15-27(16-14-26)22(28)29-4-2/h6-8,10-11,17H,3-5,9,12-16H2,1-2H3,(H,23,24,25). The van der Waals surface area contributed by atoms with Crippen molar-refractivity contribution in [2.24, 2.45) is 0 Å². The molecule has 156 valence electrons. The zero-order valence-electron chi connectivity index (χ0n) is 17.4. The largest absolute Gasteiger partial charge is 0.450 e. The number of hydrogen-bond acceptors (Lipinski definition) is 6. The second kappa shape index (κ2) is 10.6. The van der Waals surface area contributed by atoms with Gasteiger partial charge in [-0.3, -0.25) is 0 Å². The number of amides is 1. The zero-order valence-corrected chi connectivity index (χ0v) is 17.4. The summed E-state index contributed by atoms with van der Waals surface area (Å²) in [5.74, 6) is 2.45. The van der Waals surface area contributed by atoms with Crippen LogP contribution in [0.25, 0.3) is 11.4 Å². The first kappa shape index (κ1) is 20.9. The minimum absolute atomic E-state index is 0.238. The quantitative estimate of drug-likeness (QED) is 0.679. The number of aromatic nitrogens is 2. The number of carbonyl (C=O) groups excluding carboxylic acids is 1. The first-order valence-corrected chi connectivity index (χ1v) is 10.6. The summed E-state index contributed by atoms with van der Waals surface area (Å²) in [6, 6.07) is 12.1. The van der Waals surface area contributed by atoms with Crippen LogP contribution >= 0.6 is 0 Å². The van der Waals surface area contributed by atoms with E-state index in [4.69, 9.17) is 14.7 Å². The van der Waals surface area contributed by atoms with Gasteiger partial charge >= 0.3 is 6.09 Å². The normalized spacial score (nSPS) is 14.0. The molecule has 1 saturated heterocycles. The molecule has 1 fully saturated rings. The van der Waals surface area contributed by atoms with E-state index in [0.29, 0.717) is 25.5 Å². The third kappa shape index (κ3) is 5.82. The van der Waals surface area contributed by atoms with Crippen LogP contribution in [0.2, 0.25) is 0 Å². The van der Waals surface area contributed by atoms with Gasteiger partial charge in [0.2, 0.25) is 0 Å². The van der Waals surface area contributed by atoms with Crippen LogP contribution in [0.1, 0.15) is 33.1 Å². The molecule has 1 N–H and O–H groups in total. The number of ether oxygens (including phenoxy) is 1. The first-order valence-electron chi connectivity index (χ1n) is 10.6. The lowest BCUT2D eigenvalue weighted by Crippen LogP contribution is -2.49. The summed E-state index contributed by atoms with van der Waals surface area (Å²) in [6.07, 6.45) is 3.27. The van der Waals surface area contributed by atoms with Gasteiger partial charge in [-0.25, -0.2) is 14.8 Å². The fourth-order valence-corrected chi connectivity index (χ4v) is 3.33. The minimum Gasteiger partial charge on any atom is -0.450 e. The summed E-state index contributed by atoms with van der Waals surface area (Å²) in [6.45, 7) is 8.03. The molecule has 1 aromatic heterocycles. The molecule has 0 spiro atoms. The van der Waals surface area contributed by atoms with Crippen LogP contribution in [0, 0.1) is 0 Å². The van der Waals surface area contributed by atoms with Crippen molar-refractivity contribution in [3.8, 4) is 11.4 Å². The Morgan fingerprint density at radius 2 is 1.83 bits per heavy atom. The number of anilines is 2. The highest BCUT2D eigenvalue weighted by Crippen LogP contribution is 2.23. The lowest BCUT2D eigenvalue weighted by atomic mass is 10.2. The highest BCUT2D eigenvalue weighted by Gasteiger charge is 2.23. The van der Waals surface area contributed by atoms with Crippen molar-refractivity contribution in [2.45, 2.75) is 33.1 Å². The first-order chi connectivity index (χ1) is 14.2. The van der Waals surface area contributed by atoms with E-state index >= 15 is 0 Å². The molecule has 0 bridgehead atoms. The molecular weight excluding hydrogens is 366 g/mol. The average Bonchev–Trinajstić information content (AvgIpc) is 2.77. The summed E-state index contributed by atoms with van der Waals surface area (Å²) in [7, 11) is 0. The average molecular weight is 398 g/mol. The van der Waals surface area contributed by atoms with E-state index < -0.39 is 0 Å². The van der Waals surface area contributed by atoms with Crippen LogP contribution < -0.4 is 10.2 Å². The number of nitrogens with zero attached hydrogens (tertiary/aromatic N) is 4. The molecule has 1 aliphatic heterocycles. The molecule has 1 aromatic carbocycles. The van der Waals surface area contributed by atoms with Crippen molar-refractivity contribution < 1.29 is 9.53 Å². The number of benzene rings is 1. The molecule has 0 unspecified atom stereocenters. The Kier molecular flexibility index (Phi) is 7.67. The summed E-state index contributed by atoms with van der Waals surface area (Å²) in [5.41, 5.74) is 0.996. The molecule has 0 aliphatic carbocycles. The van der Waals surface area contributed by atoms with Crippen LogP contribution in [0.5, 0.6) is 0 Å². The Hall–Kier alpha value is -2.83. The van der Waals surface area contributed by atoms with Crippen LogP contribution in [0.3, 0.4) is 0 Å². The maximum absolute atomic E-state index is 12.0. The molecule has 7 heteroatoms. The van der Waals surface area contributed by atoms with Crippen molar-refractivity contribution in [1.82, 2.24) is 14.9 Å². The van der Waals surface area contributed by atoms with E-state index in [1.807, 2.05) is 43.3 Å². The second-order valence-electron chi connectivity index (χ2n) is 7.11. The number of unbranched alkanes of at least 4 members (excludes halogenated alkanes) is 2. The number of carbonyl (C=O) groups is 1. The van der Waals surface area contributed by atoms with Crippen molar-refractivity contribution in [3.05, 3.63) is 36.4 Å². The van der Waals surface area contributed by atoms with Crippen LogP contribution in [-0.2, 0) is 4.74 Å². The Morgan fingerprint density at radius 3 is 2.52 bits per heavy atom. The number of nitrogens with one attached hydrogen (secondary N) is 1. The van der Waals surface area contributed by atoms with Crippen molar-refractivity contribution in [3.63, 3.8) is 0 Å². The summed E-state index contributed by atoms with van der Waals surface area (Å²) in [5, 5.41) is 3.45. The van der Waals surface area contributed by atoms with Gasteiger partial charge in [0.1, 0.15) is 11.6 Å². The molecule has 2 aromatic rings. The van der Waals surface area contributed by atoms with E-state index in [2.05, 4.69) is 17.1 Å². The van der Waals surface area contributed by atoms with Crippen LogP contribution in [0.4, 0.5) is 16.4 Å². The maximum Gasteiger partial charge on any atom is 0.409 e. The molecular formula is C22H31N5O2. The maximum atomic E-state index is 12.0. The zero-order chi connectivity index (χ0) is 20.5. The van der Waals surface area contributed by atoms with E-state index in [0.717, 1.165) is 43.3 Å². The molecule has 1 amide bonds.